The molecule has 8 heteroatoms. The summed E-state index contributed by atoms with van der Waals surface area (Å²) in [5.41, 5.74) is 1.20. The molecule has 26 heavy (non-hydrogen) atoms. The first-order valence-electron chi connectivity index (χ1n) is 8.79. The van der Waals surface area contributed by atoms with E-state index in [9.17, 15) is 18.0 Å². The Balaban J connectivity index is 1.35. The second-order valence-corrected chi connectivity index (χ2v) is 8.90. The number of oxazole rings is 1. The number of ketones is 1. The fourth-order valence-electron chi connectivity index (χ4n) is 2.64. The van der Waals surface area contributed by atoms with Gasteiger partial charge in [-0.25, -0.2) is 13.4 Å². The van der Waals surface area contributed by atoms with E-state index in [4.69, 9.17) is 4.42 Å². The summed E-state index contributed by atoms with van der Waals surface area (Å²) in [7, 11) is -3.14. The quantitative estimate of drug-likeness (QED) is 0.501. The zero-order valence-corrected chi connectivity index (χ0v) is 15.3. The fraction of sp³-hybridized carbons (Fsp3) is 0.500. The first-order chi connectivity index (χ1) is 12.4. The van der Waals surface area contributed by atoms with E-state index in [0.717, 1.165) is 12.8 Å². The van der Waals surface area contributed by atoms with Crippen molar-refractivity contribution in [2.75, 3.05) is 18.1 Å². The lowest BCUT2D eigenvalue weighted by atomic mass is 10.2. The smallest absolute Gasteiger partial charge is 0.264 e. The predicted octanol–water partition coefficient (Wildman–Crippen LogP) is 2.12. The molecule has 1 saturated carbocycles. The van der Waals surface area contributed by atoms with E-state index < -0.39 is 9.84 Å². The number of nitrogens with one attached hydrogen (secondary N) is 1. The van der Waals surface area contributed by atoms with Crippen LogP contribution in [0.5, 0.6) is 0 Å². The van der Waals surface area contributed by atoms with E-state index in [2.05, 4.69) is 10.3 Å². The third-order valence-corrected chi connectivity index (χ3v) is 6.07. The lowest BCUT2D eigenvalue weighted by molar-refractivity contribution is -0.120. The average Bonchev–Trinajstić information content (AvgIpc) is 3.29. The molecule has 7 nitrogen and oxygen atoms in total. The van der Waals surface area contributed by atoms with E-state index in [0.29, 0.717) is 30.0 Å². The number of rotatable bonds is 10. The summed E-state index contributed by atoms with van der Waals surface area (Å²) in [4.78, 5) is 27.9. The number of para-hydroxylation sites is 2. The number of amides is 1. The summed E-state index contributed by atoms with van der Waals surface area (Å²) in [5.74, 6) is -0.0815. The van der Waals surface area contributed by atoms with Crippen LogP contribution in [0.2, 0.25) is 0 Å². The second kappa shape index (κ2) is 7.99. The van der Waals surface area contributed by atoms with Crippen LogP contribution in [-0.2, 0) is 14.6 Å². The number of carbonyl (C=O) groups excluding carboxylic acids is 2. The average molecular weight is 378 g/mol. The Labute approximate surface area is 152 Å². The van der Waals surface area contributed by atoms with Crippen LogP contribution >= 0.6 is 0 Å². The van der Waals surface area contributed by atoms with Crippen molar-refractivity contribution >= 4 is 32.6 Å². The molecule has 1 aliphatic rings. The first kappa shape index (κ1) is 18.6. The Hall–Kier alpha value is -2.22. The van der Waals surface area contributed by atoms with Gasteiger partial charge in [0.15, 0.2) is 15.4 Å². The van der Waals surface area contributed by atoms with Gasteiger partial charge >= 0.3 is 0 Å². The van der Waals surface area contributed by atoms with Gasteiger partial charge in [-0.15, -0.1) is 0 Å². The third kappa shape index (κ3) is 5.39. The maximum Gasteiger partial charge on any atom is 0.264 e. The molecular weight excluding hydrogens is 356 g/mol. The molecule has 0 aliphatic heterocycles. The zero-order chi connectivity index (χ0) is 18.6. The van der Waals surface area contributed by atoms with Gasteiger partial charge in [-0.05, 0) is 37.3 Å². The minimum Gasteiger partial charge on any atom is -0.434 e. The van der Waals surface area contributed by atoms with Crippen molar-refractivity contribution in [1.82, 2.24) is 10.3 Å². The lowest BCUT2D eigenvalue weighted by Crippen LogP contribution is -2.27. The van der Waals surface area contributed by atoms with Crippen LogP contribution in [0.25, 0.3) is 11.1 Å². The van der Waals surface area contributed by atoms with Gasteiger partial charge in [0.1, 0.15) is 5.52 Å². The molecule has 1 N–H and O–H groups in total. The van der Waals surface area contributed by atoms with Gasteiger partial charge in [0.2, 0.25) is 11.7 Å². The summed E-state index contributed by atoms with van der Waals surface area (Å²) in [6.45, 7) is 0.313. The van der Waals surface area contributed by atoms with Crippen molar-refractivity contribution < 1.29 is 22.4 Å². The minimum atomic E-state index is -3.14. The SMILES string of the molecule is O=C(CCS(=O)(=O)CC1CC1)NCCCC(=O)c1nc2ccccc2o1. The molecule has 0 bridgehead atoms. The third-order valence-electron chi connectivity index (χ3n) is 4.26. The number of sulfone groups is 1. The number of hydrogen-bond donors (Lipinski definition) is 1. The number of fused-ring (bicyclic) bond motifs is 1. The van der Waals surface area contributed by atoms with Gasteiger partial charge in [-0.1, -0.05) is 12.1 Å². The maximum absolute atomic E-state index is 12.1. The largest absolute Gasteiger partial charge is 0.434 e. The monoisotopic (exact) mass is 378 g/mol. The van der Waals surface area contributed by atoms with E-state index in [1.807, 2.05) is 12.1 Å². The van der Waals surface area contributed by atoms with Gasteiger partial charge in [0.05, 0.1) is 11.5 Å². The molecule has 1 aliphatic carbocycles. The van der Waals surface area contributed by atoms with Crippen LogP contribution in [-0.4, -0.2) is 43.1 Å². The Morgan fingerprint density at radius 2 is 1.96 bits per heavy atom. The molecule has 0 spiro atoms. The Morgan fingerprint density at radius 1 is 1.19 bits per heavy atom. The normalized spacial score (nSPS) is 14.5. The summed E-state index contributed by atoms with van der Waals surface area (Å²) in [5, 5.41) is 2.65. The van der Waals surface area contributed by atoms with Crippen molar-refractivity contribution in [2.45, 2.75) is 32.1 Å². The number of Topliss-reactive ketones (excluding diaryl/α,β-unsaturated/α-hetero) is 1. The molecule has 140 valence electrons. The van der Waals surface area contributed by atoms with E-state index >= 15 is 0 Å². The van der Waals surface area contributed by atoms with Crippen LogP contribution in [0, 0.1) is 5.92 Å². The molecule has 0 saturated heterocycles. The van der Waals surface area contributed by atoms with Crippen LogP contribution in [0.4, 0.5) is 0 Å². The molecule has 0 radical (unpaired) electrons. The second-order valence-electron chi connectivity index (χ2n) is 6.67. The van der Waals surface area contributed by atoms with Crippen molar-refractivity contribution in [3.63, 3.8) is 0 Å². The molecule has 1 amide bonds. The van der Waals surface area contributed by atoms with Crippen LogP contribution < -0.4 is 5.32 Å². The molecule has 0 atom stereocenters. The highest BCUT2D eigenvalue weighted by Gasteiger charge is 2.28. The Bertz CT molecular complexity index is 866. The highest BCUT2D eigenvalue weighted by Crippen LogP contribution is 2.30. The molecule has 0 unspecified atom stereocenters. The van der Waals surface area contributed by atoms with Gasteiger partial charge in [0, 0.05) is 19.4 Å². The van der Waals surface area contributed by atoms with Crippen LogP contribution in [0.3, 0.4) is 0 Å². The predicted molar refractivity (Wildman–Crippen MR) is 96.6 cm³/mol. The number of carbonyl (C=O) groups is 2. The minimum absolute atomic E-state index is 0.0336. The van der Waals surface area contributed by atoms with Crippen molar-refractivity contribution in [3.05, 3.63) is 30.2 Å². The molecule has 1 aromatic heterocycles. The van der Waals surface area contributed by atoms with E-state index in [-0.39, 0.29) is 41.9 Å². The highest BCUT2D eigenvalue weighted by atomic mass is 32.2. The molecular formula is C18H22N2O5S. The van der Waals surface area contributed by atoms with E-state index in [1.54, 1.807) is 12.1 Å². The van der Waals surface area contributed by atoms with Crippen molar-refractivity contribution in [1.29, 1.82) is 0 Å². The molecule has 1 fully saturated rings. The van der Waals surface area contributed by atoms with Crippen LogP contribution in [0.15, 0.2) is 28.7 Å². The first-order valence-corrected chi connectivity index (χ1v) is 10.6. The number of benzene rings is 1. The van der Waals surface area contributed by atoms with Crippen LogP contribution in [0.1, 0.15) is 42.8 Å². The summed E-state index contributed by atoms with van der Waals surface area (Å²) < 4.78 is 29.0. The van der Waals surface area contributed by atoms with Gasteiger partial charge in [0.25, 0.3) is 5.89 Å². The van der Waals surface area contributed by atoms with Gasteiger partial charge in [-0.2, -0.15) is 0 Å². The van der Waals surface area contributed by atoms with Gasteiger partial charge in [-0.3, -0.25) is 9.59 Å². The standard InChI is InChI=1S/C18H22N2O5S/c21-15(18-20-14-4-1-2-6-16(14)25-18)5-3-10-19-17(22)9-11-26(23,24)12-13-7-8-13/h1-2,4,6,13H,3,5,7-12H2,(H,19,22). The van der Waals surface area contributed by atoms with Crippen molar-refractivity contribution in [2.24, 2.45) is 5.92 Å². The van der Waals surface area contributed by atoms with E-state index in [1.165, 1.54) is 0 Å². The fourth-order valence-corrected chi connectivity index (χ4v) is 4.35. The van der Waals surface area contributed by atoms with Crippen molar-refractivity contribution in [3.8, 4) is 0 Å². The Kier molecular flexibility index (Phi) is 5.70. The molecule has 3 rings (SSSR count). The lowest BCUT2D eigenvalue weighted by Gasteiger charge is -2.05. The number of hydrogen-bond acceptors (Lipinski definition) is 6. The summed E-state index contributed by atoms with van der Waals surface area (Å²) >= 11 is 0. The highest BCUT2D eigenvalue weighted by molar-refractivity contribution is 7.91. The maximum atomic E-state index is 12.1. The Morgan fingerprint density at radius 3 is 2.69 bits per heavy atom. The topological polar surface area (TPSA) is 106 Å². The molecule has 2 aromatic rings. The summed E-state index contributed by atoms with van der Waals surface area (Å²) in [6.07, 6.45) is 2.55. The zero-order valence-electron chi connectivity index (χ0n) is 14.4. The number of aromatic nitrogens is 1. The summed E-state index contributed by atoms with van der Waals surface area (Å²) in [6, 6.07) is 7.14. The van der Waals surface area contributed by atoms with Gasteiger partial charge < -0.3 is 9.73 Å². The molecule has 1 heterocycles. The number of nitrogens with zero attached hydrogens (tertiary/aromatic N) is 1. The molecule has 1 aromatic carbocycles.